The topological polar surface area (TPSA) is 102 Å². The van der Waals surface area contributed by atoms with Crippen molar-refractivity contribution in [2.45, 2.75) is 25.7 Å². The third-order valence-corrected chi connectivity index (χ3v) is 6.72. The first kappa shape index (κ1) is 24.8. The summed E-state index contributed by atoms with van der Waals surface area (Å²) in [5, 5.41) is 6.80. The first-order valence-electron chi connectivity index (χ1n) is 11.9. The number of ether oxygens (including phenoxy) is 2. The lowest BCUT2D eigenvalue weighted by Crippen LogP contribution is -2.42. The van der Waals surface area contributed by atoms with Crippen LogP contribution in [0.1, 0.15) is 25.7 Å². The molecule has 184 valence electrons. The van der Waals surface area contributed by atoms with E-state index in [4.69, 9.17) is 21.1 Å². The van der Waals surface area contributed by atoms with E-state index in [1.807, 2.05) is 0 Å². The monoisotopic (exact) mass is 488 g/mol. The number of rotatable bonds is 9. The van der Waals surface area contributed by atoms with Crippen molar-refractivity contribution in [1.29, 1.82) is 0 Å². The average molecular weight is 489 g/mol. The molecular weight excluding hydrogens is 456 g/mol. The Balaban J connectivity index is 1.40. The van der Waals surface area contributed by atoms with Crippen molar-refractivity contribution in [3.63, 3.8) is 0 Å². The minimum Gasteiger partial charge on any atom is -0.383 e. The number of carbonyl (C=O) groups excluding carboxylic acids is 1. The summed E-state index contributed by atoms with van der Waals surface area (Å²) in [6.07, 6.45) is 8.86. The number of nitrogens with one attached hydrogen (secondary N) is 2. The Hall–Kier alpha value is -2.33. The van der Waals surface area contributed by atoms with Crippen molar-refractivity contribution in [3.8, 4) is 11.3 Å². The summed E-state index contributed by atoms with van der Waals surface area (Å²) in [5.74, 6) is 1.61. The standard InChI is InChI=1S/C24H33ClN6O3/c1-33-10-7-31-6-2-3-18(16-31)24(32)30-22-11-19(20(25)13-28-22)21-14-26-15-23(29-21)27-12-17-4-8-34-9-5-17/h11,13-15,17-18H,2-10,12,16H2,1H3,(H,27,29)(H,28,30,32)/t18-/m1/s1. The largest absolute Gasteiger partial charge is 0.383 e. The maximum absolute atomic E-state index is 12.9. The van der Waals surface area contributed by atoms with Gasteiger partial charge < -0.3 is 25.0 Å². The van der Waals surface area contributed by atoms with Gasteiger partial charge in [-0.2, -0.15) is 0 Å². The zero-order valence-corrected chi connectivity index (χ0v) is 20.4. The molecule has 0 aliphatic carbocycles. The number of hydrogen-bond donors (Lipinski definition) is 2. The lowest BCUT2D eigenvalue weighted by molar-refractivity contribution is -0.121. The number of methoxy groups -OCH3 is 1. The molecule has 1 atom stereocenters. The van der Waals surface area contributed by atoms with Crippen molar-refractivity contribution >= 4 is 29.1 Å². The number of nitrogens with zero attached hydrogens (tertiary/aromatic N) is 4. The fourth-order valence-corrected chi connectivity index (χ4v) is 4.61. The number of carbonyl (C=O) groups is 1. The van der Waals surface area contributed by atoms with Gasteiger partial charge in [0.25, 0.3) is 0 Å². The van der Waals surface area contributed by atoms with Gasteiger partial charge in [-0.3, -0.25) is 9.78 Å². The van der Waals surface area contributed by atoms with Gasteiger partial charge >= 0.3 is 0 Å². The lowest BCUT2D eigenvalue weighted by atomic mass is 9.97. The van der Waals surface area contributed by atoms with Crippen LogP contribution in [0.2, 0.25) is 5.02 Å². The third kappa shape index (κ3) is 6.85. The first-order valence-corrected chi connectivity index (χ1v) is 12.3. The molecule has 0 aromatic carbocycles. The molecule has 2 fully saturated rings. The second-order valence-corrected chi connectivity index (χ2v) is 9.30. The highest BCUT2D eigenvalue weighted by Gasteiger charge is 2.26. The van der Waals surface area contributed by atoms with Gasteiger partial charge in [-0.25, -0.2) is 9.97 Å². The van der Waals surface area contributed by atoms with Crippen molar-refractivity contribution < 1.29 is 14.3 Å². The van der Waals surface area contributed by atoms with Gasteiger partial charge in [0.1, 0.15) is 11.6 Å². The molecule has 0 radical (unpaired) electrons. The van der Waals surface area contributed by atoms with E-state index in [1.165, 1.54) is 0 Å². The Kier molecular flexibility index (Phi) is 9.04. The van der Waals surface area contributed by atoms with Crippen molar-refractivity contribution in [2.75, 3.05) is 63.7 Å². The number of piperidine rings is 1. The van der Waals surface area contributed by atoms with Gasteiger partial charge in [0.05, 0.1) is 35.6 Å². The van der Waals surface area contributed by atoms with Crippen molar-refractivity contribution in [3.05, 3.63) is 29.7 Å². The molecular formula is C24H33ClN6O3. The highest BCUT2D eigenvalue weighted by atomic mass is 35.5. The minimum atomic E-state index is -0.0796. The summed E-state index contributed by atoms with van der Waals surface area (Å²) in [4.78, 5) is 28.5. The van der Waals surface area contributed by atoms with Crippen LogP contribution in [0.3, 0.4) is 0 Å². The van der Waals surface area contributed by atoms with Crippen LogP contribution in [0.25, 0.3) is 11.3 Å². The summed E-state index contributed by atoms with van der Waals surface area (Å²) in [6.45, 7) is 5.67. The number of likely N-dealkylation sites (tertiary alicyclic amines) is 1. The highest BCUT2D eigenvalue weighted by Crippen LogP contribution is 2.29. The molecule has 0 spiro atoms. The minimum absolute atomic E-state index is 0.0270. The van der Waals surface area contributed by atoms with E-state index in [1.54, 1.807) is 31.8 Å². The number of pyridine rings is 1. The zero-order chi connectivity index (χ0) is 23.8. The average Bonchev–Trinajstić information content (AvgIpc) is 2.88. The summed E-state index contributed by atoms with van der Waals surface area (Å²) < 4.78 is 10.6. The SMILES string of the molecule is COCCN1CCC[C@@H](C(=O)Nc2cc(-c3cncc(NCC4CCOCC4)n3)c(Cl)cn2)C1. The Morgan fingerprint density at radius 2 is 2.09 bits per heavy atom. The van der Waals surface area contributed by atoms with Crippen LogP contribution in [0.4, 0.5) is 11.6 Å². The molecule has 2 aliphatic rings. The second-order valence-electron chi connectivity index (χ2n) is 8.90. The maximum Gasteiger partial charge on any atom is 0.229 e. The van der Waals surface area contributed by atoms with Crippen LogP contribution in [0.5, 0.6) is 0 Å². The molecule has 0 bridgehead atoms. The van der Waals surface area contributed by atoms with Gasteiger partial charge in [-0.15, -0.1) is 0 Å². The first-order chi connectivity index (χ1) is 16.6. The molecule has 2 aliphatic heterocycles. The number of aromatic nitrogens is 3. The van der Waals surface area contributed by atoms with E-state index in [9.17, 15) is 4.79 Å². The van der Waals surface area contributed by atoms with Crippen LogP contribution >= 0.6 is 11.6 Å². The fraction of sp³-hybridized carbons (Fsp3) is 0.583. The molecule has 0 unspecified atom stereocenters. The van der Waals surface area contributed by atoms with Crippen LogP contribution in [-0.2, 0) is 14.3 Å². The summed E-state index contributed by atoms with van der Waals surface area (Å²) in [6, 6.07) is 1.76. The quantitative estimate of drug-likeness (QED) is 0.554. The van der Waals surface area contributed by atoms with E-state index >= 15 is 0 Å². The summed E-state index contributed by atoms with van der Waals surface area (Å²) >= 11 is 6.44. The molecule has 2 saturated heterocycles. The Labute approximate surface area is 205 Å². The Morgan fingerprint density at radius 3 is 2.91 bits per heavy atom. The maximum atomic E-state index is 12.9. The van der Waals surface area contributed by atoms with Crippen LogP contribution in [-0.4, -0.2) is 78.9 Å². The molecule has 34 heavy (non-hydrogen) atoms. The molecule has 4 rings (SSSR count). The van der Waals surface area contributed by atoms with E-state index in [-0.39, 0.29) is 11.8 Å². The van der Waals surface area contributed by atoms with E-state index in [0.717, 1.165) is 65.1 Å². The van der Waals surface area contributed by atoms with Crippen LogP contribution in [0, 0.1) is 11.8 Å². The van der Waals surface area contributed by atoms with Crippen LogP contribution in [0.15, 0.2) is 24.7 Å². The van der Waals surface area contributed by atoms with Gasteiger partial charge in [0.2, 0.25) is 5.91 Å². The number of amides is 1. The van der Waals surface area contributed by atoms with Gasteiger partial charge in [0.15, 0.2) is 0 Å². The lowest BCUT2D eigenvalue weighted by Gasteiger charge is -2.31. The van der Waals surface area contributed by atoms with Crippen LogP contribution < -0.4 is 10.6 Å². The summed E-state index contributed by atoms with van der Waals surface area (Å²) in [7, 11) is 1.69. The predicted octanol–water partition coefficient (Wildman–Crippen LogP) is 3.33. The third-order valence-electron chi connectivity index (χ3n) is 6.42. The molecule has 10 heteroatoms. The Bertz CT molecular complexity index is 956. The van der Waals surface area contributed by atoms with Gasteiger partial charge in [0, 0.05) is 51.7 Å². The molecule has 4 heterocycles. The number of hydrogen-bond acceptors (Lipinski definition) is 8. The van der Waals surface area contributed by atoms with Crippen molar-refractivity contribution in [2.24, 2.45) is 11.8 Å². The molecule has 2 aromatic rings. The van der Waals surface area contributed by atoms with E-state index in [2.05, 4.69) is 30.5 Å². The van der Waals surface area contributed by atoms with Gasteiger partial charge in [-0.1, -0.05) is 11.6 Å². The number of halogens is 1. The van der Waals surface area contributed by atoms with Crippen molar-refractivity contribution in [1.82, 2.24) is 19.9 Å². The normalized spacial score (nSPS) is 19.6. The molecule has 2 aromatic heterocycles. The smallest absolute Gasteiger partial charge is 0.229 e. The Morgan fingerprint density at radius 1 is 1.24 bits per heavy atom. The molecule has 2 N–H and O–H groups in total. The summed E-state index contributed by atoms with van der Waals surface area (Å²) in [5.41, 5.74) is 1.31. The van der Waals surface area contributed by atoms with E-state index < -0.39 is 0 Å². The molecule has 1 amide bonds. The van der Waals surface area contributed by atoms with Gasteiger partial charge in [-0.05, 0) is 44.2 Å². The number of anilines is 2. The molecule has 0 saturated carbocycles. The fourth-order valence-electron chi connectivity index (χ4n) is 4.40. The zero-order valence-electron chi connectivity index (χ0n) is 19.6. The predicted molar refractivity (Wildman–Crippen MR) is 132 cm³/mol. The van der Waals surface area contributed by atoms with E-state index in [0.29, 0.717) is 40.4 Å². The molecule has 9 nitrogen and oxygen atoms in total. The highest BCUT2D eigenvalue weighted by molar-refractivity contribution is 6.33. The second kappa shape index (κ2) is 12.4.